The minimum absolute atomic E-state index is 0.188. The van der Waals surface area contributed by atoms with Gasteiger partial charge in [-0.15, -0.1) is 0 Å². The van der Waals surface area contributed by atoms with E-state index in [0.29, 0.717) is 0 Å². The van der Waals surface area contributed by atoms with Gasteiger partial charge in [-0.05, 0) is 6.92 Å². The molecule has 27 heteroatoms. The van der Waals surface area contributed by atoms with Gasteiger partial charge < -0.3 is 4.74 Å². The molecule has 43 heavy (non-hydrogen) atoms. The fraction of sp³-hybridized carbons (Fsp3) is 0.812. The van der Waals surface area contributed by atoms with Crippen molar-refractivity contribution in [3.8, 4) is 0 Å². The molecule has 0 bridgehead atoms. The summed E-state index contributed by atoms with van der Waals surface area (Å²) < 4.78 is 336. The molecule has 0 aromatic carbocycles. The fourth-order valence-corrected chi connectivity index (χ4v) is 2.45. The lowest BCUT2D eigenvalue weighted by atomic mass is 9.81. The number of carbonyl (C=O) groups is 1. The van der Waals surface area contributed by atoms with Crippen LogP contribution in [0, 0.1) is 0 Å². The molecule has 0 rings (SSSR count). The van der Waals surface area contributed by atoms with Gasteiger partial charge in [-0.25, -0.2) is 9.18 Å². The van der Waals surface area contributed by atoms with Gasteiger partial charge in [0.2, 0.25) is 0 Å². The monoisotopic (exact) mass is 704 g/mol. The third-order valence-corrected chi connectivity index (χ3v) is 4.93. The van der Waals surface area contributed by atoms with Gasteiger partial charge in [-0.1, -0.05) is 6.58 Å². The van der Waals surface area contributed by atoms with E-state index in [-0.39, 0.29) is 6.92 Å². The summed E-state index contributed by atoms with van der Waals surface area (Å²) >= 11 is 0. The van der Waals surface area contributed by atoms with Crippen LogP contribution < -0.4 is 0 Å². The maximum atomic E-state index is 14.9. The smallest absolute Gasteiger partial charge is 0.413 e. The Balaban J connectivity index is 8.15. The molecule has 0 amide bonds. The topological polar surface area (TPSA) is 26.3 Å². The number of hydrogen-bond acceptors (Lipinski definition) is 2. The predicted molar refractivity (Wildman–Crippen MR) is 81.4 cm³/mol. The molecule has 0 aromatic rings. The average Bonchev–Trinajstić information content (AvgIpc) is 2.74. The second kappa shape index (κ2) is 9.98. The third kappa shape index (κ3) is 4.98. The summed E-state index contributed by atoms with van der Waals surface area (Å²) in [6.07, 6.45) is -25.5. The minimum Gasteiger partial charge on any atom is -0.413 e. The van der Waals surface area contributed by atoms with Gasteiger partial charge in [-0.2, -0.15) is 105 Å². The lowest BCUT2D eigenvalue weighted by molar-refractivity contribution is -0.496. The Hall–Kier alpha value is -2.54. The summed E-state index contributed by atoms with van der Waals surface area (Å²) in [6, 6.07) is 0. The highest BCUT2D eigenvalue weighted by Gasteiger charge is 3.01. The maximum absolute atomic E-state index is 14.9. The summed E-state index contributed by atoms with van der Waals surface area (Å²) in [5, 5.41) is 0. The molecule has 1 atom stereocenters. The van der Waals surface area contributed by atoms with Crippen LogP contribution in [0.3, 0.4) is 0 Å². The standard InChI is InChI=1S/C16H5F25O2/c1-3(2)4(42)43-13(32,10(26,27)6(18,19)5(17,14(33,34)35)15(36,37)38)11(28,29)8(22,23)7(20,21)9(24,25)12(30,31)16(39,40)41/h1H2,2H3. The van der Waals surface area contributed by atoms with Crippen molar-refractivity contribution in [2.24, 2.45) is 0 Å². The molecule has 0 aromatic heterocycles. The first kappa shape index (κ1) is 40.5. The molecule has 256 valence electrons. The first-order valence-corrected chi connectivity index (χ1v) is 9.19. The summed E-state index contributed by atoms with van der Waals surface area (Å²) in [7, 11) is 0. The molecule has 0 aliphatic carbocycles. The number of halogens is 25. The van der Waals surface area contributed by atoms with Crippen LogP contribution in [-0.2, 0) is 9.53 Å². The molecular weight excluding hydrogens is 699 g/mol. The summed E-state index contributed by atoms with van der Waals surface area (Å²) in [5.41, 5.74) is -11.2. The molecule has 0 spiro atoms. The predicted octanol–water partition coefficient (Wildman–Crippen LogP) is 8.61. The number of carbonyl (C=O) groups excluding carboxylic acids is 1. The number of hydrogen-bond donors (Lipinski definition) is 0. The maximum Gasteiger partial charge on any atom is 0.460 e. The number of alkyl halides is 25. The highest BCUT2D eigenvalue weighted by molar-refractivity contribution is 5.87. The van der Waals surface area contributed by atoms with Crippen molar-refractivity contribution in [2.75, 3.05) is 0 Å². The van der Waals surface area contributed by atoms with Crippen molar-refractivity contribution >= 4 is 5.97 Å². The van der Waals surface area contributed by atoms with Crippen LogP contribution in [0.25, 0.3) is 0 Å². The van der Waals surface area contributed by atoms with Gasteiger partial charge in [-0.3, -0.25) is 0 Å². The molecule has 0 saturated carbocycles. The van der Waals surface area contributed by atoms with Crippen LogP contribution in [0.1, 0.15) is 6.92 Å². The van der Waals surface area contributed by atoms with Crippen LogP contribution in [0.15, 0.2) is 12.2 Å². The largest absolute Gasteiger partial charge is 0.460 e. The molecule has 0 fully saturated rings. The van der Waals surface area contributed by atoms with Crippen molar-refractivity contribution in [2.45, 2.75) is 78.4 Å². The molecular formula is C16H5F25O2. The molecule has 2 nitrogen and oxygen atoms in total. The highest BCUT2D eigenvalue weighted by Crippen LogP contribution is 2.68. The number of ether oxygens (including phenoxy) is 1. The van der Waals surface area contributed by atoms with E-state index < -0.39 is 83.1 Å². The first-order chi connectivity index (χ1) is 18.1. The quantitative estimate of drug-likeness (QED) is 0.129. The lowest BCUT2D eigenvalue weighted by Gasteiger charge is -2.48. The zero-order valence-corrected chi connectivity index (χ0v) is 19.0. The molecule has 0 radical (unpaired) electrons. The van der Waals surface area contributed by atoms with Crippen LogP contribution in [0.2, 0.25) is 0 Å². The van der Waals surface area contributed by atoms with E-state index in [2.05, 4.69) is 6.58 Å². The second-order valence-electron chi connectivity index (χ2n) is 7.94. The lowest BCUT2D eigenvalue weighted by Crippen LogP contribution is -2.81. The molecule has 0 heterocycles. The van der Waals surface area contributed by atoms with Gasteiger partial charge in [0.15, 0.2) is 0 Å². The van der Waals surface area contributed by atoms with Crippen molar-refractivity contribution in [1.82, 2.24) is 0 Å². The van der Waals surface area contributed by atoms with E-state index in [1.54, 1.807) is 0 Å². The minimum atomic E-state index is -9.56. The molecule has 1 unspecified atom stereocenters. The van der Waals surface area contributed by atoms with Crippen molar-refractivity contribution < 1.29 is 119 Å². The zero-order chi connectivity index (χ0) is 35.9. The molecule has 0 aliphatic rings. The van der Waals surface area contributed by atoms with Crippen LogP contribution in [0.5, 0.6) is 0 Å². The Kier molecular flexibility index (Phi) is 9.39. The second-order valence-corrected chi connectivity index (χ2v) is 7.94. The normalized spacial score (nSPS) is 17.4. The third-order valence-electron chi connectivity index (χ3n) is 4.93. The van der Waals surface area contributed by atoms with Crippen molar-refractivity contribution in [3.05, 3.63) is 12.2 Å². The zero-order valence-electron chi connectivity index (χ0n) is 19.0. The first-order valence-electron chi connectivity index (χ1n) is 9.19. The van der Waals surface area contributed by atoms with E-state index in [4.69, 9.17) is 0 Å². The van der Waals surface area contributed by atoms with Crippen molar-refractivity contribution in [3.63, 3.8) is 0 Å². The van der Waals surface area contributed by atoms with Crippen LogP contribution in [0.4, 0.5) is 110 Å². The summed E-state index contributed by atoms with van der Waals surface area (Å²) in [6.45, 7) is 1.88. The number of rotatable bonds is 10. The number of esters is 1. The van der Waals surface area contributed by atoms with E-state index >= 15 is 0 Å². The van der Waals surface area contributed by atoms with Gasteiger partial charge >= 0.3 is 77.5 Å². The van der Waals surface area contributed by atoms with Crippen LogP contribution in [-0.4, -0.2) is 77.5 Å². The molecule has 0 saturated heterocycles. The summed E-state index contributed by atoms with van der Waals surface area (Å²) in [4.78, 5) is 11.2. The van der Waals surface area contributed by atoms with E-state index in [1.165, 1.54) is 0 Å². The Morgan fingerprint density at radius 2 is 0.674 bits per heavy atom. The van der Waals surface area contributed by atoms with Crippen molar-refractivity contribution in [1.29, 1.82) is 0 Å². The average molecular weight is 704 g/mol. The summed E-state index contributed by atoms with van der Waals surface area (Å²) in [5.74, 6) is -78.2. The van der Waals surface area contributed by atoms with Gasteiger partial charge in [0, 0.05) is 5.57 Å². The van der Waals surface area contributed by atoms with Gasteiger partial charge in [0.1, 0.15) is 0 Å². The Morgan fingerprint density at radius 1 is 0.419 bits per heavy atom. The van der Waals surface area contributed by atoms with Crippen LogP contribution >= 0.6 is 0 Å². The molecule has 0 N–H and O–H groups in total. The Bertz CT molecular complexity index is 1060. The highest BCUT2D eigenvalue weighted by atomic mass is 19.4. The van der Waals surface area contributed by atoms with Gasteiger partial charge in [0.25, 0.3) is 0 Å². The Morgan fingerprint density at radius 3 is 0.930 bits per heavy atom. The Labute approximate surface area is 217 Å². The molecule has 0 aliphatic heterocycles. The van der Waals surface area contributed by atoms with E-state index in [1.807, 2.05) is 4.74 Å². The fourth-order valence-electron chi connectivity index (χ4n) is 2.45. The van der Waals surface area contributed by atoms with E-state index in [0.717, 1.165) is 0 Å². The van der Waals surface area contributed by atoms with E-state index in [9.17, 15) is 115 Å². The van der Waals surface area contributed by atoms with Gasteiger partial charge in [0.05, 0.1) is 0 Å². The SMILES string of the molecule is C=C(C)C(=O)OC(F)(C(F)(F)C(F)(F)C(F)(F)C(F)(F)C(F)(F)C(F)(F)F)C(F)(F)C(F)(F)C(F)(C(F)(F)F)C(F)(F)F.